The summed E-state index contributed by atoms with van der Waals surface area (Å²) in [4.78, 5) is 38.4. The molecule has 6 heteroatoms. The molecule has 2 N–H and O–H groups in total. The lowest BCUT2D eigenvalue weighted by molar-refractivity contribution is -0.141. The maximum atomic E-state index is 13.0. The molecule has 152 valence electrons. The van der Waals surface area contributed by atoms with E-state index in [1.807, 2.05) is 42.2 Å². The number of carboxylic acid groups (broad SMARTS) is 1. The molecule has 1 unspecified atom stereocenters. The Morgan fingerprint density at radius 3 is 2.29 bits per heavy atom. The van der Waals surface area contributed by atoms with Crippen LogP contribution >= 0.6 is 0 Å². The van der Waals surface area contributed by atoms with Gasteiger partial charge in [0.1, 0.15) is 0 Å². The number of rotatable bonds is 6. The Balaban J connectivity index is 1.48. The Labute approximate surface area is 166 Å². The molecule has 1 aromatic rings. The van der Waals surface area contributed by atoms with Crippen molar-refractivity contribution in [2.45, 2.75) is 57.4 Å². The molecule has 2 aliphatic rings. The molecular formula is C22H30N2O4. The number of likely N-dealkylation sites (tertiary alicyclic amines) is 1. The zero-order chi connectivity index (χ0) is 20.1. The van der Waals surface area contributed by atoms with Crippen LogP contribution in [0.3, 0.4) is 0 Å². The van der Waals surface area contributed by atoms with Gasteiger partial charge in [0.15, 0.2) is 0 Å². The molecule has 2 amide bonds. The van der Waals surface area contributed by atoms with Gasteiger partial charge in [-0.15, -0.1) is 0 Å². The molecule has 2 fully saturated rings. The minimum atomic E-state index is -0.800. The van der Waals surface area contributed by atoms with E-state index < -0.39 is 5.97 Å². The summed E-state index contributed by atoms with van der Waals surface area (Å²) >= 11 is 0. The lowest BCUT2D eigenvalue weighted by Crippen LogP contribution is -2.48. The van der Waals surface area contributed by atoms with E-state index in [1.165, 1.54) is 0 Å². The molecule has 3 atom stereocenters. The quantitative estimate of drug-likeness (QED) is 0.787. The smallest absolute Gasteiger partial charge is 0.306 e. The van der Waals surface area contributed by atoms with E-state index in [4.69, 9.17) is 5.11 Å². The maximum Gasteiger partial charge on any atom is 0.306 e. The lowest BCUT2D eigenvalue weighted by atomic mass is 9.93. The van der Waals surface area contributed by atoms with Gasteiger partial charge >= 0.3 is 5.97 Å². The van der Waals surface area contributed by atoms with Crippen LogP contribution in [-0.2, 0) is 14.4 Å². The first kappa shape index (κ1) is 20.4. The fourth-order valence-corrected chi connectivity index (χ4v) is 4.47. The van der Waals surface area contributed by atoms with Crippen molar-refractivity contribution in [3.63, 3.8) is 0 Å². The molecule has 0 radical (unpaired) electrons. The molecule has 1 saturated carbocycles. The molecule has 3 rings (SSSR count). The number of nitrogens with one attached hydrogen (secondary N) is 1. The van der Waals surface area contributed by atoms with Gasteiger partial charge in [0, 0.05) is 25.0 Å². The fourth-order valence-electron chi connectivity index (χ4n) is 4.47. The summed E-state index contributed by atoms with van der Waals surface area (Å²) in [5.41, 5.74) is 1.06. The summed E-state index contributed by atoms with van der Waals surface area (Å²) in [6, 6.07) is 9.96. The van der Waals surface area contributed by atoms with Gasteiger partial charge in [-0.1, -0.05) is 37.3 Å². The SMILES string of the molecule is CCC(C(=O)N1CCC(NC(=O)[C@@H]2CC[C@H](C(=O)O)C2)CC1)c1ccccc1. The molecule has 0 spiro atoms. The number of hydrogen-bond acceptors (Lipinski definition) is 3. The Hall–Kier alpha value is -2.37. The Kier molecular flexibility index (Phi) is 6.70. The van der Waals surface area contributed by atoms with Crippen LogP contribution in [0.15, 0.2) is 30.3 Å². The standard InChI is InChI=1S/C22H30N2O4/c1-2-19(15-6-4-3-5-7-15)21(26)24-12-10-18(11-13-24)23-20(25)16-8-9-17(14-16)22(27)28/h3-7,16-19H,2,8-14H2,1H3,(H,23,25)(H,27,28)/t16-,17+,19?/m1/s1. The van der Waals surface area contributed by atoms with E-state index in [2.05, 4.69) is 5.32 Å². The minimum Gasteiger partial charge on any atom is -0.481 e. The second-order valence-corrected chi connectivity index (χ2v) is 8.02. The average Bonchev–Trinajstić information content (AvgIpc) is 3.21. The van der Waals surface area contributed by atoms with E-state index in [-0.39, 0.29) is 35.6 Å². The highest BCUT2D eigenvalue weighted by atomic mass is 16.4. The molecular weight excluding hydrogens is 356 g/mol. The van der Waals surface area contributed by atoms with Crippen molar-refractivity contribution in [1.82, 2.24) is 10.2 Å². The van der Waals surface area contributed by atoms with E-state index in [1.54, 1.807) is 0 Å². The molecule has 1 heterocycles. The number of piperidine rings is 1. The number of aliphatic carboxylic acids is 1. The summed E-state index contributed by atoms with van der Waals surface area (Å²) in [5.74, 6) is -1.35. The zero-order valence-corrected chi connectivity index (χ0v) is 16.5. The number of hydrogen-bond donors (Lipinski definition) is 2. The molecule has 6 nitrogen and oxygen atoms in total. The molecule has 1 aliphatic heterocycles. The van der Waals surface area contributed by atoms with Gasteiger partial charge in [-0.2, -0.15) is 0 Å². The summed E-state index contributed by atoms with van der Waals surface area (Å²) in [6.45, 7) is 3.33. The van der Waals surface area contributed by atoms with Crippen molar-refractivity contribution >= 4 is 17.8 Å². The van der Waals surface area contributed by atoms with E-state index in [9.17, 15) is 14.4 Å². The molecule has 0 bridgehead atoms. The van der Waals surface area contributed by atoms with Crippen LogP contribution in [-0.4, -0.2) is 46.9 Å². The third-order valence-electron chi connectivity index (χ3n) is 6.21. The first-order chi connectivity index (χ1) is 13.5. The Morgan fingerprint density at radius 1 is 1.07 bits per heavy atom. The zero-order valence-electron chi connectivity index (χ0n) is 16.5. The van der Waals surface area contributed by atoms with E-state index in [0.717, 1.165) is 24.8 Å². The highest BCUT2D eigenvalue weighted by molar-refractivity contribution is 5.84. The van der Waals surface area contributed by atoms with Gasteiger partial charge in [-0.3, -0.25) is 14.4 Å². The summed E-state index contributed by atoms with van der Waals surface area (Å²) in [6.07, 6.45) is 3.93. The number of carbonyl (C=O) groups excluding carboxylic acids is 2. The maximum absolute atomic E-state index is 13.0. The number of benzene rings is 1. The van der Waals surface area contributed by atoms with Crippen molar-refractivity contribution in [2.75, 3.05) is 13.1 Å². The number of carbonyl (C=O) groups is 3. The highest BCUT2D eigenvalue weighted by Gasteiger charge is 2.35. The molecule has 28 heavy (non-hydrogen) atoms. The number of carboxylic acids is 1. The van der Waals surface area contributed by atoms with Gasteiger partial charge in [0.25, 0.3) is 0 Å². The summed E-state index contributed by atoms with van der Waals surface area (Å²) in [7, 11) is 0. The Bertz CT molecular complexity index is 698. The van der Waals surface area contributed by atoms with E-state index in [0.29, 0.717) is 32.4 Å². The van der Waals surface area contributed by atoms with Gasteiger partial charge in [0.05, 0.1) is 11.8 Å². The van der Waals surface area contributed by atoms with Crippen molar-refractivity contribution in [2.24, 2.45) is 11.8 Å². The van der Waals surface area contributed by atoms with Crippen LogP contribution in [0.5, 0.6) is 0 Å². The predicted octanol–water partition coefficient (Wildman–Crippen LogP) is 2.79. The summed E-state index contributed by atoms with van der Waals surface area (Å²) in [5, 5.41) is 12.2. The van der Waals surface area contributed by atoms with Crippen LogP contribution in [0.1, 0.15) is 56.9 Å². The average molecular weight is 386 g/mol. The topological polar surface area (TPSA) is 86.7 Å². The van der Waals surface area contributed by atoms with Crippen LogP contribution in [0, 0.1) is 11.8 Å². The Morgan fingerprint density at radius 2 is 1.71 bits per heavy atom. The molecule has 1 aromatic carbocycles. The second kappa shape index (κ2) is 9.22. The molecule has 1 saturated heterocycles. The van der Waals surface area contributed by atoms with Crippen molar-refractivity contribution in [3.8, 4) is 0 Å². The normalized spacial score (nSPS) is 24.0. The van der Waals surface area contributed by atoms with Crippen molar-refractivity contribution in [3.05, 3.63) is 35.9 Å². The third-order valence-corrected chi connectivity index (χ3v) is 6.21. The monoisotopic (exact) mass is 386 g/mol. The fraction of sp³-hybridized carbons (Fsp3) is 0.591. The first-order valence-corrected chi connectivity index (χ1v) is 10.4. The molecule has 0 aromatic heterocycles. The predicted molar refractivity (Wildman–Crippen MR) is 106 cm³/mol. The van der Waals surface area contributed by atoms with Crippen molar-refractivity contribution in [1.29, 1.82) is 0 Å². The van der Waals surface area contributed by atoms with Crippen LogP contribution in [0.4, 0.5) is 0 Å². The molecule has 1 aliphatic carbocycles. The minimum absolute atomic E-state index is 0.0238. The second-order valence-electron chi connectivity index (χ2n) is 8.02. The first-order valence-electron chi connectivity index (χ1n) is 10.4. The van der Waals surface area contributed by atoms with Crippen LogP contribution in [0.25, 0.3) is 0 Å². The van der Waals surface area contributed by atoms with Crippen LogP contribution < -0.4 is 5.32 Å². The number of amides is 2. The largest absolute Gasteiger partial charge is 0.481 e. The summed E-state index contributed by atoms with van der Waals surface area (Å²) < 4.78 is 0. The van der Waals surface area contributed by atoms with E-state index >= 15 is 0 Å². The third kappa shape index (κ3) is 4.72. The number of nitrogens with zero attached hydrogens (tertiary/aromatic N) is 1. The lowest BCUT2D eigenvalue weighted by Gasteiger charge is -2.35. The highest BCUT2D eigenvalue weighted by Crippen LogP contribution is 2.31. The van der Waals surface area contributed by atoms with Gasteiger partial charge in [-0.25, -0.2) is 0 Å². The van der Waals surface area contributed by atoms with Crippen molar-refractivity contribution < 1.29 is 19.5 Å². The van der Waals surface area contributed by atoms with Gasteiger partial charge in [0.2, 0.25) is 11.8 Å². The van der Waals surface area contributed by atoms with Gasteiger partial charge < -0.3 is 15.3 Å². The van der Waals surface area contributed by atoms with Gasteiger partial charge in [-0.05, 0) is 44.1 Å². The van der Waals surface area contributed by atoms with Crippen LogP contribution in [0.2, 0.25) is 0 Å².